The van der Waals surface area contributed by atoms with Crippen molar-refractivity contribution in [3.63, 3.8) is 0 Å². The maximum absolute atomic E-state index is 12.0. The zero-order chi connectivity index (χ0) is 48.5. The summed E-state index contributed by atoms with van der Waals surface area (Å²) in [6.45, 7) is 6.28. The number of aromatic hydroxyl groups is 2. The number of aliphatic hydroxyl groups excluding tert-OH is 4. The summed E-state index contributed by atoms with van der Waals surface area (Å²) in [7, 11) is 1.58. The highest BCUT2D eigenvalue weighted by molar-refractivity contribution is 6.00. The summed E-state index contributed by atoms with van der Waals surface area (Å²) < 4.78 is 14.5. The third-order valence-electron chi connectivity index (χ3n) is 10.7. The van der Waals surface area contributed by atoms with Gasteiger partial charge in [0.2, 0.25) is 0 Å². The number of carbonyl (C=O) groups is 3. The summed E-state index contributed by atoms with van der Waals surface area (Å²) in [4.78, 5) is 33.3. The number of carbonyl (C=O) groups excluding carboxylic acids is 3. The highest BCUT2D eigenvalue weighted by Gasteiger charge is 2.15. The number of methoxy groups -OCH3 is 1. The highest BCUT2D eigenvalue weighted by Crippen LogP contribution is 2.24. The molecular weight excluding hydrogens is 829 g/mol. The Labute approximate surface area is 390 Å². The van der Waals surface area contributed by atoms with Gasteiger partial charge in [-0.15, -0.1) is 18.9 Å². The number of esters is 2. The molecule has 0 saturated heterocycles. The third-order valence-corrected chi connectivity index (χ3v) is 10.7. The Balaban J connectivity index is 0.000000949. The van der Waals surface area contributed by atoms with Crippen molar-refractivity contribution in [2.45, 2.75) is 199 Å². The molecule has 0 bridgehead atoms. The van der Waals surface area contributed by atoms with Gasteiger partial charge in [-0.25, -0.2) is 0 Å². The van der Waals surface area contributed by atoms with E-state index in [2.05, 4.69) is 12.5 Å². The number of phenolic OH excluding ortho intramolecular Hbond substituents is 2. The summed E-state index contributed by atoms with van der Waals surface area (Å²) in [5.74, 6) is 2.10. The number of Topliss-reactive ketones (excluding diaryl/α,β-unsaturated/α-hetero) is 1. The van der Waals surface area contributed by atoms with Crippen molar-refractivity contribution in [3.8, 4) is 29.6 Å². The lowest BCUT2D eigenvalue weighted by Crippen LogP contribution is -2.23. The van der Waals surface area contributed by atoms with Crippen LogP contribution in [0.3, 0.4) is 0 Å². The van der Waals surface area contributed by atoms with Crippen molar-refractivity contribution in [3.05, 3.63) is 66.2 Å². The molecule has 2 aromatic rings. The minimum Gasteiger partial charge on any atom is -0.508 e. The van der Waals surface area contributed by atoms with Gasteiger partial charge in [0.25, 0.3) is 0 Å². The SMILES string of the molecule is C#CCCCCCCCCCCCC(O)CC(O)COC(C)=O.C=CCCCCCCCCCCCC(O)CC(O)COC(C)=O.COc1ccc(CC(=O)c2ccc(O)cc2O)cc1. The molecule has 0 aliphatic carbocycles. The number of phenols is 2. The molecular formula is C53H84O12. The predicted octanol–water partition coefficient (Wildman–Crippen LogP) is 10.3. The van der Waals surface area contributed by atoms with E-state index in [0.717, 1.165) is 62.3 Å². The van der Waals surface area contributed by atoms with Crippen LogP contribution in [0, 0.1) is 12.3 Å². The first-order valence-electron chi connectivity index (χ1n) is 23.9. The van der Waals surface area contributed by atoms with Crippen LogP contribution in [-0.2, 0) is 25.5 Å². The maximum Gasteiger partial charge on any atom is 0.302 e. The van der Waals surface area contributed by atoms with E-state index in [-0.39, 0.29) is 55.3 Å². The molecule has 4 unspecified atom stereocenters. The van der Waals surface area contributed by atoms with Crippen LogP contribution in [0.5, 0.6) is 17.2 Å². The van der Waals surface area contributed by atoms with Crippen LogP contribution in [0.4, 0.5) is 0 Å². The highest BCUT2D eigenvalue weighted by atomic mass is 16.5. The number of allylic oxidation sites excluding steroid dienone is 1. The van der Waals surface area contributed by atoms with E-state index in [1.165, 1.54) is 109 Å². The van der Waals surface area contributed by atoms with Crippen LogP contribution in [0.15, 0.2) is 55.1 Å². The molecule has 0 radical (unpaired) electrons. The van der Waals surface area contributed by atoms with Gasteiger partial charge in [0.15, 0.2) is 5.78 Å². The molecule has 0 spiro atoms. The largest absolute Gasteiger partial charge is 0.508 e. The molecule has 4 atom stereocenters. The third kappa shape index (κ3) is 37.5. The number of hydrogen-bond acceptors (Lipinski definition) is 12. The van der Waals surface area contributed by atoms with E-state index < -0.39 is 36.4 Å². The summed E-state index contributed by atoms with van der Waals surface area (Å²) in [5, 5.41) is 57.6. The molecule has 0 aliphatic heterocycles. The van der Waals surface area contributed by atoms with Crippen molar-refractivity contribution in [2.75, 3.05) is 20.3 Å². The average molecular weight is 913 g/mol. The van der Waals surface area contributed by atoms with Gasteiger partial charge in [-0.1, -0.05) is 121 Å². The molecule has 0 fully saturated rings. The Morgan fingerprint density at radius 2 is 1.06 bits per heavy atom. The van der Waals surface area contributed by atoms with Crippen molar-refractivity contribution < 1.29 is 59.2 Å². The Morgan fingerprint density at radius 3 is 1.46 bits per heavy atom. The second kappa shape index (κ2) is 41.1. The number of benzene rings is 2. The zero-order valence-electron chi connectivity index (χ0n) is 39.9. The first-order valence-corrected chi connectivity index (χ1v) is 23.9. The lowest BCUT2D eigenvalue weighted by atomic mass is 10.0. The van der Waals surface area contributed by atoms with Gasteiger partial charge in [0.05, 0.1) is 37.1 Å². The molecule has 0 heterocycles. The molecule has 2 aromatic carbocycles. The van der Waals surface area contributed by atoms with Crippen LogP contribution in [0.2, 0.25) is 0 Å². The summed E-state index contributed by atoms with van der Waals surface area (Å²) >= 11 is 0. The second-order valence-electron chi connectivity index (χ2n) is 16.8. The van der Waals surface area contributed by atoms with Gasteiger partial charge < -0.3 is 44.8 Å². The van der Waals surface area contributed by atoms with Crippen molar-refractivity contribution in [2.24, 2.45) is 0 Å². The summed E-state index contributed by atoms with van der Waals surface area (Å²) in [6.07, 6.45) is 30.7. The molecule has 65 heavy (non-hydrogen) atoms. The Hall–Kier alpha value is -4.41. The van der Waals surface area contributed by atoms with Crippen molar-refractivity contribution in [1.29, 1.82) is 0 Å². The number of aliphatic hydroxyl groups is 4. The van der Waals surface area contributed by atoms with Crippen molar-refractivity contribution >= 4 is 17.7 Å². The quantitative estimate of drug-likeness (QED) is 0.0126. The van der Waals surface area contributed by atoms with E-state index in [9.17, 15) is 45.0 Å². The number of hydrogen-bond donors (Lipinski definition) is 6. The first kappa shape index (κ1) is 60.6. The molecule has 0 saturated carbocycles. The van der Waals surface area contributed by atoms with Gasteiger partial charge in [-0.3, -0.25) is 14.4 Å². The van der Waals surface area contributed by atoms with Crippen LogP contribution in [0.25, 0.3) is 0 Å². The monoisotopic (exact) mass is 913 g/mol. The lowest BCUT2D eigenvalue weighted by molar-refractivity contribution is -0.145. The summed E-state index contributed by atoms with van der Waals surface area (Å²) in [5.41, 5.74) is 1.03. The fraction of sp³-hybridized carbons (Fsp3) is 0.642. The van der Waals surface area contributed by atoms with Gasteiger partial charge >= 0.3 is 11.9 Å². The smallest absolute Gasteiger partial charge is 0.302 e. The van der Waals surface area contributed by atoms with Gasteiger partial charge in [0.1, 0.15) is 30.5 Å². The average Bonchev–Trinajstić information content (AvgIpc) is 3.26. The predicted molar refractivity (Wildman–Crippen MR) is 258 cm³/mol. The Kier molecular flexibility index (Phi) is 38.3. The van der Waals surface area contributed by atoms with Gasteiger partial charge in [-0.2, -0.15) is 0 Å². The molecule has 0 aromatic heterocycles. The van der Waals surface area contributed by atoms with E-state index >= 15 is 0 Å². The van der Waals surface area contributed by atoms with Gasteiger partial charge in [-0.05, 0) is 61.9 Å². The summed E-state index contributed by atoms with van der Waals surface area (Å²) in [6, 6.07) is 11.1. The number of unbranched alkanes of at least 4 members (excludes halogenated alkanes) is 18. The lowest BCUT2D eigenvalue weighted by Gasteiger charge is -2.15. The maximum atomic E-state index is 12.0. The number of ether oxygens (including phenoxy) is 3. The molecule has 12 nitrogen and oxygen atoms in total. The first-order chi connectivity index (χ1) is 31.2. The zero-order valence-corrected chi connectivity index (χ0v) is 39.9. The van der Waals surface area contributed by atoms with Crippen LogP contribution in [-0.4, -0.2) is 93.1 Å². The molecule has 368 valence electrons. The topological polar surface area (TPSA) is 200 Å². The number of terminal acetylenes is 1. The normalized spacial score (nSPS) is 12.5. The fourth-order valence-corrected chi connectivity index (χ4v) is 6.96. The van der Waals surface area contributed by atoms with Gasteiger partial charge in [0, 0.05) is 45.6 Å². The van der Waals surface area contributed by atoms with E-state index in [0.29, 0.717) is 12.8 Å². The second-order valence-corrected chi connectivity index (χ2v) is 16.8. The number of rotatable bonds is 35. The minimum absolute atomic E-state index is 0.0286. The molecule has 2 rings (SSSR count). The van der Waals surface area contributed by atoms with Crippen molar-refractivity contribution in [1.82, 2.24) is 0 Å². The fourth-order valence-electron chi connectivity index (χ4n) is 6.96. The Morgan fingerprint density at radius 1 is 0.631 bits per heavy atom. The minimum atomic E-state index is -0.775. The van der Waals surface area contributed by atoms with E-state index in [1.807, 2.05) is 6.08 Å². The molecule has 0 amide bonds. The van der Waals surface area contributed by atoms with Crippen LogP contribution < -0.4 is 4.74 Å². The number of ketones is 1. The molecule has 12 heteroatoms. The van der Waals surface area contributed by atoms with E-state index in [1.54, 1.807) is 31.4 Å². The standard InChI is InChI=1S/C19H36O4.C19H34O4.C15H14O4/c2*1-3-4-5-6-7-8-9-10-11-12-13-14-18(21)15-19(22)16-23-17(2)20;1-19-12-5-2-10(3-6-12)8-14(17)13-7-4-11(16)9-15(13)18/h3,18-19,21-22H,1,4-16H2,2H3;1,18-19,21-22H,4-16H2,2H3;2-7,9,16,18H,8H2,1H3. The van der Waals surface area contributed by atoms with E-state index in [4.69, 9.17) is 20.6 Å². The molecule has 0 aliphatic rings. The molecule has 6 N–H and O–H groups in total. The van der Waals surface area contributed by atoms with Crippen LogP contribution in [0.1, 0.15) is 184 Å². The van der Waals surface area contributed by atoms with Crippen LogP contribution >= 0.6 is 0 Å². The Bertz CT molecular complexity index is 1550.